The first-order chi connectivity index (χ1) is 5.09. The van der Waals surface area contributed by atoms with Crippen LogP contribution in [0.3, 0.4) is 0 Å². The lowest BCUT2D eigenvalue weighted by Crippen LogP contribution is -2.11. The van der Waals surface area contributed by atoms with Gasteiger partial charge < -0.3 is 9.88 Å². The lowest BCUT2D eigenvalue weighted by Gasteiger charge is -2.10. The summed E-state index contributed by atoms with van der Waals surface area (Å²) < 4.78 is 0.536. The van der Waals surface area contributed by atoms with Gasteiger partial charge in [-0.1, -0.05) is 0 Å². The van der Waals surface area contributed by atoms with Gasteiger partial charge in [0.25, 0.3) is 0 Å². The molecule has 0 bridgehead atoms. The van der Waals surface area contributed by atoms with Crippen molar-refractivity contribution in [3.63, 3.8) is 0 Å². The molecule has 0 amide bonds. The van der Waals surface area contributed by atoms with Crippen LogP contribution in [-0.2, 0) is 0 Å². The van der Waals surface area contributed by atoms with Crippen molar-refractivity contribution in [3.05, 3.63) is 16.5 Å². The molecule has 0 aliphatic rings. The smallest absolute Gasteiger partial charge is 0.198 e. The summed E-state index contributed by atoms with van der Waals surface area (Å²) in [5.41, 5.74) is 1.04. The Hall–Kier alpha value is -0.900. The van der Waals surface area contributed by atoms with Crippen LogP contribution in [0.4, 0.5) is 5.82 Å². The van der Waals surface area contributed by atoms with Crippen molar-refractivity contribution in [1.82, 2.24) is 9.97 Å². The van der Waals surface area contributed by atoms with Gasteiger partial charge >= 0.3 is 0 Å². The van der Waals surface area contributed by atoms with Crippen molar-refractivity contribution in [2.75, 3.05) is 19.0 Å². The molecule has 0 spiro atoms. The average Bonchev–Trinajstić information content (AvgIpc) is 1.85. The maximum absolute atomic E-state index is 4.91. The van der Waals surface area contributed by atoms with E-state index in [0.717, 1.165) is 11.5 Å². The van der Waals surface area contributed by atoms with Crippen molar-refractivity contribution in [2.45, 2.75) is 6.92 Å². The highest BCUT2D eigenvalue weighted by atomic mass is 32.1. The van der Waals surface area contributed by atoms with E-state index in [1.165, 1.54) is 0 Å². The minimum Gasteiger partial charge on any atom is -0.363 e. The number of nitrogens with zero attached hydrogens (tertiary/aromatic N) is 2. The van der Waals surface area contributed by atoms with E-state index in [-0.39, 0.29) is 0 Å². The second-order valence-electron chi connectivity index (χ2n) is 2.62. The molecule has 4 heteroatoms. The summed E-state index contributed by atoms with van der Waals surface area (Å²) in [6.45, 7) is 1.96. The minimum atomic E-state index is 0.536. The van der Waals surface area contributed by atoms with E-state index in [9.17, 15) is 0 Å². The van der Waals surface area contributed by atoms with Crippen molar-refractivity contribution < 1.29 is 0 Å². The van der Waals surface area contributed by atoms with Gasteiger partial charge in [-0.25, -0.2) is 4.98 Å². The van der Waals surface area contributed by atoms with E-state index in [0.29, 0.717) is 4.77 Å². The minimum absolute atomic E-state index is 0.536. The van der Waals surface area contributed by atoms with Gasteiger partial charge in [0.05, 0.1) is 0 Å². The second-order valence-corrected chi connectivity index (χ2v) is 3.01. The van der Waals surface area contributed by atoms with Crippen LogP contribution < -0.4 is 4.90 Å². The molecule has 0 aromatic carbocycles. The first-order valence-electron chi connectivity index (χ1n) is 3.35. The SMILES string of the molecule is Cc1cc(N(C)C)nc(=S)[nH]1. The molecular weight excluding hydrogens is 158 g/mol. The maximum atomic E-state index is 4.91. The van der Waals surface area contributed by atoms with Gasteiger partial charge in [-0.3, -0.25) is 0 Å². The first kappa shape index (κ1) is 8.20. The highest BCUT2D eigenvalue weighted by Gasteiger charge is 1.96. The summed E-state index contributed by atoms with van der Waals surface area (Å²) in [5.74, 6) is 0.895. The quantitative estimate of drug-likeness (QED) is 0.647. The van der Waals surface area contributed by atoms with E-state index >= 15 is 0 Å². The molecule has 1 aromatic rings. The van der Waals surface area contributed by atoms with Gasteiger partial charge in [0.1, 0.15) is 5.82 Å². The molecule has 1 N–H and O–H groups in total. The number of rotatable bonds is 1. The third kappa shape index (κ3) is 2.01. The van der Waals surface area contributed by atoms with Crippen LogP contribution >= 0.6 is 12.2 Å². The standard InChI is InChI=1S/C7H11N3S/c1-5-4-6(10(2)3)9-7(11)8-5/h4H,1-3H3,(H,8,9,11). The molecule has 0 fully saturated rings. The van der Waals surface area contributed by atoms with Crippen LogP contribution in [0.25, 0.3) is 0 Å². The fraction of sp³-hybridized carbons (Fsp3) is 0.429. The number of hydrogen-bond acceptors (Lipinski definition) is 3. The number of nitrogens with one attached hydrogen (secondary N) is 1. The highest BCUT2D eigenvalue weighted by Crippen LogP contribution is 2.06. The molecule has 0 radical (unpaired) electrons. The number of aryl methyl sites for hydroxylation is 1. The lowest BCUT2D eigenvalue weighted by atomic mass is 10.4. The van der Waals surface area contributed by atoms with Gasteiger partial charge in [-0.15, -0.1) is 0 Å². The molecule has 0 aliphatic heterocycles. The molecule has 0 saturated heterocycles. The van der Waals surface area contributed by atoms with E-state index in [4.69, 9.17) is 12.2 Å². The van der Waals surface area contributed by atoms with Crippen LogP contribution in [0.2, 0.25) is 0 Å². The molecule has 1 heterocycles. The molecule has 0 aliphatic carbocycles. The largest absolute Gasteiger partial charge is 0.363 e. The van der Waals surface area contributed by atoms with Crippen molar-refractivity contribution in [1.29, 1.82) is 0 Å². The van der Waals surface area contributed by atoms with E-state index in [2.05, 4.69) is 9.97 Å². The molecule has 0 unspecified atom stereocenters. The molecule has 0 atom stereocenters. The zero-order valence-electron chi connectivity index (χ0n) is 6.88. The molecule has 1 aromatic heterocycles. The number of anilines is 1. The summed E-state index contributed by atoms with van der Waals surface area (Å²) in [6, 6.07) is 1.95. The molecule has 3 nitrogen and oxygen atoms in total. The summed E-state index contributed by atoms with van der Waals surface area (Å²) in [4.78, 5) is 8.99. The van der Waals surface area contributed by atoms with E-state index in [1.54, 1.807) is 0 Å². The fourth-order valence-electron chi connectivity index (χ4n) is 0.792. The normalized spacial score (nSPS) is 9.73. The number of aromatic amines is 1. The van der Waals surface area contributed by atoms with Gasteiger partial charge in [0, 0.05) is 19.8 Å². The zero-order valence-corrected chi connectivity index (χ0v) is 7.70. The molecule has 11 heavy (non-hydrogen) atoms. The Balaban J connectivity index is 3.19. The summed E-state index contributed by atoms with van der Waals surface area (Å²) in [6.07, 6.45) is 0. The van der Waals surface area contributed by atoms with Gasteiger partial charge in [-0.2, -0.15) is 0 Å². The zero-order chi connectivity index (χ0) is 8.43. The Morgan fingerprint density at radius 3 is 2.64 bits per heavy atom. The molecule has 1 rings (SSSR count). The predicted octanol–water partition coefficient (Wildman–Crippen LogP) is 1.51. The van der Waals surface area contributed by atoms with Crippen LogP contribution in [-0.4, -0.2) is 24.1 Å². The number of aromatic nitrogens is 2. The summed E-state index contributed by atoms with van der Waals surface area (Å²) in [5, 5.41) is 0. The highest BCUT2D eigenvalue weighted by molar-refractivity contribution is 7.71. The van der Waals surface area contributed by atoms with Crippen molar-refractivity contribution in [3.8, 4) is 0 Å². The van der Waals surface area contributed by atoms with Crippen molar-refractivity contribution in [2.24, 2.45) is 0 Å². The fourth-order valence-corrected chi connectivity index (χ4v) is 1.05. The van der Waals surface area contributed by atoms with Gasteiger partial charge in [-0.05, 0) is 25.2 Å². The van der Waals surface area contributed by atoms with Gasteiger partial charge in [0.15, 0.2) is 4.77 Å². The average molecular weight is 169 g/mol. The van der Waals surface area contributed by atoms with Crippen LogP contribution in [0.5, 0.6) is 0 Å². The van der Waals surface area contributed by atoms with E-state index in [1.807, 2.05) is 32.0 Å². The second kappa shape index (κ2) is 3.00. The van der Waals surface area contributed by atoms with Crippen LogP contribution in [0.15, 0.2) is 6.07 Å². The summed E-state index contributed by atoms with van der Waals surface area (Å²) >= 11 is 4.91. The van der Waals surface area contributed by atoms with E-state index < -0.39 is 0 Å². The number of hydrogen-bond donors (Lipinski definition) is 1. The van der Waals surface area contributed by atoms with Crippen LogP contribution in [0.1, 0.15) is 5.69 Å². The number of H-pyrrole nitrogens is 1. The Morgan fingerprint density at radius 1 is 1.55 bits per heavy atom. The topological polar surface area (TPSA) is 31.9 Å². The third-order valence-electron chi connectivity index (χ3n) is 1.32. The third-order valence-corrected chi connectivity index (χ3v) is 1.52. The molecule has 0 saturated carbocycles. The Bertz CT molecular complexity index is 303. The Labute approximate surface area is 71.1 Å². The Kier molecular flexibility index (Phi) is 2.24. The lowest BCUT2D eigenvalue weighted by molar-refractivity contribution is 1.00. The summed E-state index contributed by atoms with van der Waals surface area (Å²) in [7, 11) is 3.88. The van der Waals surface area contributed by atoms with Gasteiger partial charge in [0.2, 0.25) is 0 Å². The predicted molar refractivity (Wildman–Crippen MR) is 48.5 cm³/mol. The first-order valence-corrected chi connectivity index (χ1v) is 3.75. The monoisotopic (exact) mass is 169 g/mol. The van der Waals surface area contributed by atoms with Crippen molar-refractivity contribution >= 4 is 18.0 Å². The molecule has 60 valence electrons. The molecular formula is C7H11N3S. The maximum Gasteiger partial charge on any atom is 0.198 e. The Morgan fingerprint density at radius 2 is 2.18 bits per heavy atom. The van der Waals surface area contributed by atoms with Crippen LogP contribution in [0, 0.1) is 11.7 Å².